The number of hydrogen-bond donors (Lipinski definition) is 0. The molecule has 31 heavy (non-hydrogen) atoms. The van der Waals surface area contributed by atoms with Crippen molar-refractivity contribution in [1.29, 1.82) is 0 Å². The number of nitrogens with zero attached hydrogens (tertiary/aromatic N) is 3. The monoisotopic (exact) mass is 421 g/mol. The Morgan fingerprint density at radius 1 is 1.06 bits per heavy atom. The minimum absolute atomic E-state index is 0.0416. The van der Waals surface area contributed by atoms with Crippen LogP contribution in [0, 0.1) is 5.92 Å². The molecular formula is C24H27N3O4. The number of para-hydroxylation sites is 1. The third kappa shape index (κ3) is 4.77. The first-order valence-electron chi connectivity index (χ1n) is 10.5. The van der Waals surface area contributed by atoms with Crippen molar-refractivity contribution in [2.75, 3.05) is 33.9 Å². The molecule has 0 unspecified atom stereocenters. The number of carbonyl (C=O) groups excluding carboxylic acids is 1. The fourth-order valence-electron chi connectivity index (χ4n) is 4.13. The lowest BCUT2D eigenvalue weighted by Gasteiger charge is -2.16. The van der Waals surface area contributed by atoms with Crippen LogP contribution in [0.25, 0.3) is 11.5 Å². The van der Waals surface area contributed by atoms with Crippen molar-refractivity contribution >= 4 is 5.91 Å². The van der Waals surface area contributed by atoms with Crippen LogP contribution in [0.1, 0.15) is 23.8 Å². The number of methoxy groups -OCH3 is 2. The Morgan fingerprint density at radius 3 is 2.61 bits per heavy atom. The standard InChI is InChI=1S/C24H27N3O4/c1-29-16-19-14-27(22(28)13-12-17-8-6-7-11-21(17)30-2)15-20(19)24-26-25-23(31-24)18-9-4-3-5-10-18/h3-11,19-20H,12-16H2,1-2H3/t19-,20+/m0/s1. The molecule has 0 N–H and O–H groups in total. The summed E-state index contributed by atoms with van der Waals surface area (Å²) < 4.78 is 16.8. The predicted octanol–water partition coefficient (Wildman–Crippen LogP) is 3.57. The minimum Gasteiger partial charge on any atom is -0.496 e. The fraction of sp³-hybridized carbons (Fsp3) is 0.375. The summed E-state index contributed by atoms with van der Waals surface area (Å²) in [5.74, 6) is 2.04. The van der Waals surface area contributed by atoms with Crippen LogP contribution in [-0.4, -0.2) is 54.9 Å². The number of ether oxygens (including phenoxy) is 2. The molecule has 7 heteroatoms. The molecule has 0 saturated carbocycles. The van der Waals surface area contributed by atoms with Crippen LogP contribution in [0.5, 0.6) is 5.75 Å². The van der Waals surface area contributed by atoms with Crippen molar-refractivity contribution in [1.82, 2.24) is 15.1 Å². The van der Waals surface area contributed by atoms with Gasteiger partial charge in [0.1, 0.15) is 5.75 Å². The maximum Gasteiger partial charge on any atom is 0.247 e. The minimum atomic E-state index is -0.0416. The number of hydrogen-bond acceptors (Lipinski definition) is 6. The first-order valence-corrected chi connectivity index (χ1v) is 10.5. The van der Waals surface area contributed by atoms with Crippen LogP contribution in [-0.2, 0) is 16.0 Å². The topological polar surface area (TPSA) is 77.7 Å². The summed E-state index contributed by atoms with van der Waals surface area (Å²) in [6.45, 7) is 1.70. The molecule has 0 spiro atoms. The zero-order valence-electron chi connectivity index (χ0n) is 17.9. The Morgan fingerprint density at radius 2 is 1.84 bits per heavy atom. The summed E-state index contributed by atoms with van der Waals surface area (Å²) in [6.07, 6.45) is 1.06. The fourth-order valence-corrected chi connectivity index (χ4v) is 4.13. The molecule has 3 aromatic rings. The molecule has 0 bridgehead atoms. The quantitative estimate of drug-likeness (QED) is 0.553. The average molecular weight is 421 g/mol. The summed E-state index contributed by atoms with van der Waals surface area (Å²) in [5.41, 5.74) is 1.92. The van der Waals surface area contributed by atoms with Gasteiger partial charge in [-0.2, -0.15) is 0 Å². The van der Waals surface area contributed by atoms with E-state index in [1.54, 1.807) is 14.2 Å². The van der Waals surface area contributed by atoms with Gasteiger partial charge in [0.15, 0.2) is 0 Å². The molecule has 1 aliphatic rings. The van der Waals surface area contributed by atoms with Crippen LogP contribution < -0.4 is 4.74 Å². The lowest BCUT2D eigenvalue weighted by Crippen LogP contribution is -2.29. The highest BCUT2D eigenvalue weighted by Crippen LogP contribution is 2.34. The second-order valence-corrected chi connectivity index (χ2v) is 7.74. The lowest BCUT2D eigenvalue weighted by atomic mass is 9.97. The van der Waals surface area contributed by atoms with Crippen LogP contribution in [0.15, 0.2) is 59.0 Å². The molecule has 1 aromatic heterocycles. The van der Waals surface area contributed by atoms with Gasteiger partial charge in [-0.05, 0) is 30.2 Å². The Hall–Kier alpha value is -3.19. The van der Waals surface area contributed by atoms with Gasteiger partial charge < -0.3 is 18.8 Å². The van der Waals surface area contributed by atoms with E-state index in [-0.39, 0.29) is 17.7 Å². The van der Waals surface area contributed by atoms with Gasteiger partial charge in [0, 0.05) is 38.1 Å². The van der Waals surface area contributed by atoms with Crippen molar-refractivity contribution in [3.8, 4) is 17.2 Å². The molecule has 1 aliphatic heterocycles. The SMILES string of the molecule is COC[C@@H]1CN(C(=O)CCc2ccccc2OC)C[C@H]1c1nnc(-c2ccccc2)o1. The highest BCUT2D eigenvalue weighted by Gasteiger charge is 2.39. The number of rotatable bonds is 8. The average Bonchev–Trinajstić information content (AvgIpc) is 3.46. The van der Waals surface area contributed by atoms with E-state index < -0.39 is 0 Å². The van der Waals surface area contributed by atoms with Gasteiger partial charge in [-0.1, -0.05) is 36.4 Å². The molecule has 1 saturated heterocycles. The maximum atomic E-state index is 12.9. The zero-order chi connectivity index (χ0) is 21.6. The molecule has 1 fully saturated rings. The first-order chi connectivity index (χ1) is 15.2. The molecule has 0 aliphatic carbocycles. The Kier molecular flexibility index (Phi) is 6.62. The molecule has 0 radical (unpaired) electrons. The van der Waals surface area contributed by atoms with Crippen molar-refractivity contribution in [3.63, 3.8) is 0 Å². The van der Waals surface area contributed by atoms with E-state index in [1.807, 2.05) is 59.5 Å². The van der Waals surface area contributed by atoms with Crippen LogP contribution in [0.4, 0.5) is 0 Å². The Bertz CT molecular complexity index is 1000. The van der Waals surface area contributed by atoms with Gasteiger partial charge in [0.2, 0.25) is 17.7 Å². The predicted molar refractivity (Wildman–Crippen MR) is 116 cm³/mol. The second kappa shape index (κ2) is 9.75. The van der Waals surface area contributed by atoms with Crippen LogP contribution in [0.3, 0.4) is 0 Å². The van der Waals surface area contributed by atoms with E-state index in [2.05, 4.69) is 10.2 Å². The second-order valence-electron chi connectivity index (χ2n) is 7.74. The molecule has 162 valence electrons. The van der Waals surface area contributed by atoms with E-state index in [0.29, 0.717) is 44.3 Å². The van der Waals surface area contributed by atoms with Crippen molar-refractivity contribution in [2.45, 2.75) is 18.8 Å². The summed E-state index contributed by atoms with van der Waals surface area (Å²) in [5, 5.41) is 8.51. The molecule has 7 nitrogen and oxygen atoms in total. The van der Waals surface area contributed by atoms with Gasteiger partial charge in [-0.25, -0.2) is 0 Å². The Labute approximate surface area is 182 Å². The highest BCUT2D eigenvalue weighted by atomic mass is 16.5. The number of aryl methyl sites for hydroxylation is 1. The van der Waals surface area contributed by atoms with Gasteiger partial charge >= 0.3 is 0 Å². The highest BCUT2D eigenvalue weighted by molar-refractivity contribution is 5.77. The normalized spacial score (nSPS) is 18.3. The summed E-state index contributed by atoms with van der Waals surface area (Å²) in [6, 6.07) is 17.5. The van der Waals surface area contributed by atoms with E-state index in [4.69, 9.17) is 13.9 Å². The van der Waals surface area contributed by atoms with Crippen molar-refractivity contribution < 1.29 is 18.7 Å². The van der Waals surface area contributed by atoms with Crippen molar-refractivity contribution in [3.05, 3.63) is 66.1 Å². The summed E-state index contributed by atoms with van der Waals surface area (Å²) >= 11 is 0. The van der Waals surface area contributed by atoms with Gasteiger partial charge in [-0.15, -0.1) is 10.2 Å². The van der Waals surface area contributed by atoms with E-state index >= 15 is 0 Å². The number of likely N-dealkylation sites (tertiary alicyclic amines) is 1. The molecular weight excluding hydrogens is 394 g/mol. The molecule has 2 heterocycles. The molecule has 2 aromatic carbocycles. The van der Waals surface area contributed by atoms with E-state index in [1.165, 1.54) is 0 Å². The summed E-state index contributed by atoms with van der Waals surface area (Å²) in [4.78, 5) is 14.8. The third-order valence-electron chi connectivity index (χ3n) is 5.75. The smallest absolute Gasteiger partial charge is 0.247 e. The lowest BCUT2D eigenvalue weighted by molar-refractivity contribution is -0.130. The van der Waals surface area contributed by atoms with Crippen molar-refractivity contribution in [2.24, 2.45) is 5.92 Å². The van der Waals surface area contributed by atoms with Crippen LogP contribution in [0.2, 0.25) is 0 Å². The van der Waals surface area contributed by atoms with Crippen LogP contribution >= 0.6 is 0 Å². The number of amides is 1. The number of benzene rings is 2. The Balaban J connectivity index is 1.44. The molecule has 2 atom stereocenters. The van der Waals surface area contributed by atoms with E-state index in [9.17, 15) is 4.79 Å². The van der Waals surface area contributed by atoms with Gasteiger partial charge in [-0.3, -0.25) is 4.79 Å². The zero-order valence-corrected chi connectivity index (χ0v) is 17.9. The third-order valence-corrected chi connectivity index (χ3v) is 5.75. The number of aromatic nitrogens is 2. The first kappa shape index (κ1) is 21.1. The largest absolute Gasteiger partial charge is 0.496 e. The maximum absolute atomic E-state index is 12.9. The van der Waals surface area contributed by atoms with E-state index in [0.717, 1.165) is 16.9 Å². The number of carbonyl (C=O) groups is 1. The molecule has 1 amide bonds. The van der Waals surface area contributed by atoms with Gasteiger partial charge in [0.05, 0.1) is 19.6 Å². The van der Waals surface area contributed by atoms with Gasteiger partial charge in [0.25, 0.3) is 0 Å². The molecule has 4 rings (SSSR count). The summed E-state index contributed by atoms with van der Waals surface area (Å²) in [7, 11) is 3.32.